The first-order valence-corrected chi connectivity index (χ1v) is 6.44. The monoisotopic (exact) mass is 262 g/mol. The summed E-state index contributed by atoms with van der Waals surface area (Å²) in [5.41, 5.74) is 0.886. The number of nitrogens with one attached hydrogen (secondary N) is 2. The van der Waals surface area contributed by atoms with Crippen LogP contribution in [0.2, 0.25) is 0 Å². The van der Waals surface area contributed by atoms with Crippen molar-refractivity contribution in [1.29, 1.82) is 0 Å². The van der Waals surface area contributed by atoms with Crippen LogP contribution in [0.3, 0.4) is 0 Å². The standard InChI is InChI=1S/C15H22N2O2/c1-5-10-16-15(18)12(4)17-13-6-8-14(9-7-13)19-11(2)3/h5-9,11-12,17H,1,10H2,2-4H3,(H,16,18). The summed E-state index contributed by atoms with van der Waals surface area (Å²) in [6.07, 6.45) is 1.81. The second-order valence-electron chi connectivity index (χ2n) is 4.59. The van der Waals surface area contributed by atoms with Gasteiger partial charge in [0.05, 0.1) is 6.10 Å². The molecule has 0 aliphatic carbocycles. The van der Waals surface area contributed by atoms with E-state index >= 15 is 0 Å². The van der Waals surface area contributed by atoms with Crippen molar-refractivity contribution in [2.45, 2.75) is 32.9 Å². The Kier molecular flexibility index (Phi) is 5.93. The van der Waals surface area contributed by atoms with E-state index in [-0.39, 0.29) is 18.1 Å². The van der Waals surface area contributed by atoms with Crippen LogP contribution in [0.4, 0.5) is 5.69 Å². The Labute approximate surface area is 114 Å². The quantitative estimate of drug-likeness (QED) is 0.743. The number of anilines is 1. The van der Waals surface area contributed by atoms with Gasteiger partial charge < -0.3 is 15.4 Å². The van der Waals surface area contributed by atoms with E-state index in [0.29, 0.717) is 6.54 Å². The van der Waals surface area contributed by atoms with Crippen LogP contribution in [0.15, 0.2) is 36.9 Å². The SMILES string of the molecule is C=CCNC(=O)C(C)Nc1ccc(OC(C)C)cc1. The van der Waals surface area contributed by atoms with Gasteiger partial charge in [0.1, 0.15) is 11.8 Å². The zero-order valence-electron chi connectivity index (χ0n) is 11.8. The summed E-state index contributed by atoms with van der Waals surface area (Å²) in [6, 6.07) is 7.27. The topological polar surface area (TPSA) is 50.4 Å². The van der Waals surface area contributed by atoms with E-state index in [0.717, 1.165) is 11.4 Å². The van der Waals surface area contributed by atoms with E-state index in [1.807, 2.05) is 45.0 Å². The van der Waals surface area contributed by atoms with E-state index in [1.165, 1.54) is 0 Å². The van der Waals surface area contributed by atoms with Crippen molar-refractivity contribution >= 4 is 11.6 Å². The number of carbonyl (C=O) groups is 1. The molecule has 104 valence electrons. The molecule has 4 heteroatoms. The Morgan fingerprint density at radius 2 is 1.95 bits per heavy atom. The van der Waals surface area contributed by atoms with Gasteiger partial charge in [0.2, 0.25) is 5.91 Å². The van der Waals surface area contributed by atoms with Gasteiger partial charge in [-0.15, -0.1) is 6.58 Å². The number of hydrogen-bond donors (Lipinski definition) is 2. The lowest BCUT2D eigenvalue weighted by Gasteiger charge is -2.15. The fourth-order valence-corrected chi connectivity index (χ4v) is 1.54. The largest absolute Gasteiger partial charge is 0.491 e. The Hall–Kier alpha value is -1.97. The minimum absolute atomic E-state index is 0.0533. The van der Waals surface area contributed by atoms with E-state index < -0.39 is 0 Å². The number of carbonyl (C=O) groups excluding carboxylic acids is 1. The maximum absolute atomic E-state index is 11.7. The van der Waals surface area contributed by atoms with Crippen LogP contribution in [0, 0.1) is 0 Å². The van der Waals surface area contributed by atoms with Crippen LogP contribution in [-0.4, -0.2) is 24.6 Å². The summed E-state index contributed by atoms with van der Waals surface area (Å²) in [5, 5.41) is 5.87. The molecule has 4 nitrogen and oxygen atoms in total. The van der Waals surface area contributed by atoms with E-state index in [9.17, 15) is 4.79 Å². The molecule has 0 aromatic heterocycles. The molecule has 1 unspecified atom stereocenters. The molecule has 0 fully saturated rings. The number of hydrogen-bond acceptors (Lipinski definition) is 3. The van der Waals surface area contributed by atoms with Crippen LogP contribution in [0.1, 0.15) is 20.8 Å². The highest BCUT2D eigenvalue weighted by Crippen LogP contribution is 2.17. The highest BCUT2D eigenvalue weighted by molar-refractivity contribution is 5.84. The molecule has 0 saturated heterocycles. The Bertz CT molecular complexity index is 413. The number of benzene rings is 1. The molecule has 0 radical (unpaired) electrons. The van der Waals surface area contributed by atoms with Gasteiger partial charge in [-0.2, -0.15) is 0 Å². The van der Waals surface area contributed by atoms with Crippen molar-refractivity contribution in [3.05, 3.63) is 36.9 Å². The molecule has 1 atom stereocenters. The zero-order chi connectivity index (χ0) is 14.3. The van der Waals surface area contributed by atoms with Crippen LogP contribution in [0.5, 0.6) is 5.75 Å². The smallest absolute Gasteiger partial charge is 0.242 e. The molecule has 1 amide bonds. The summed E-state index contributed by atoms with van der Waals surface area (Å²) < 4.78 is 5.56. The Morgan fingerprint density at radius 3 is 2.47 bits per heavy atom. The maximum atomic E-state index is 11.7. The fourth-order valence-electron chi connectivity index (χ4n) is 1.54. The minimum Gasteiger partial charge on any atom is -0.491 e. The highest BCUT2D eigenvalue weighted by Gasteiger charge is 2.11. The molecule has 0 bridgehead atoms. The molecule has 0 saturated carbocycles. The van der Waals surface area contributed by atoms with Crippen molar-refractivity contribution in [2.75, 3.05) is 11.9 Å². The molecule has 1 rings (SSSR count). The molecular weight excluding hydrogens is 240 g/mol. The van der Waals surface area contributed by atoms with Crippen LogP contribution in [-0.2, 0) is 4.79 Å². The number of ether oxygens (including phenoxy) is 1. The van der Waals surface area contributed by atoms with Crippen molar-refractivity contribution < 1.29 is 9.53 Å². The normalized spacial score (nSPS) is 11.8. The third kappa shape index (κ3) is 5.46. The van der Waals surface area contributed by atoms with Crippen molar-refractivity contribution in [3.8, 4) is 5.75 Å². The average molecular weight is 262 g/mol. The van der Waals surface area contributed by atoms with Gasteiger partial charge in [-0.25, -0.2) is 0 Å². The predicted octanol–water partition coefficient (Wildman–Crippen LogP) is 2.58. The molecule has 0 aliphatic heterocycles. The zero-order valence-corrected chi connectivity index (χ0v) is 11.8. The third-order valence-corrected chi connectivity index (χ3v) is 2.42. The molecule has 0 spiro atoms. The first-order valence-electron chi connectivity index (χ1n) is 6.44. The molecule has 0 heterocycles. The molecule has 2 N–H and O–H groups in total. The average Bonchev–Trinajstić information content (AvgIpc) is 2.37. The lowest BCUT2D eigenvalue weighted by atomic mass is 10.2. The summed E-state index contributed by atoms with van der Waals surface area (Å²) in [6.45, 7) is 9.82. The number of rotatable bonds is 7. The third-order valence-electron chi connectivity index (χ3n) is 2.42. The Morgan fingerprint density at radius 1 is 1.32 bits per heavy atom. The molecule has 0 aliphatic rings. The fraction of sp³-hybridized carbons (Fsp3) is 0.400. The van der Waals surface area contributed by atoms with E-state index in [2.05, 4.69) is 17.2 Å². The number of amides is 1. The van der Waals surface area contributed by atoms with Crippen molar-refractivity contribution in [1.82, 2.24) is 5.32 Å². The predicted molar refractivity (Wildman–Crippen MR) is 78.5 cm³/mol. The summed E-state index contributed by atoms with van der Waals surface area (Å²) in [4.78, 5) is 11.7. The lowest BCUT2D eigenvalue weighted by Crippen LogP contribution is -2.37. The van der Waals surface area contributed by atoms with Gasteiger partial charge in [0.15, 0.2) is 0 Å². The highest BCUT2D eigenvalue weighted by atomic mass is 16.5. The second kappa shape index (κ2) is 7.46. The minimum atomic E-state index is -0.295. The Balaban J connectivity index is 2.52. The molecule has 19 heavy (non-hydrogen) atoms. The molecular formula is C15H22N2O2. The first kappa shape index (κ1) is 15.1. The van der Waals surface area contributed by atoms with Gasteiger partial charge in [-0.05, 0) is 45.0 Å². The van der Waals surface area contributed by atoms with Crippen molar-refractivity contribution in [2.24, 2.45) is 0 Å². The summed E-state index contributed by atoms with van der Waals surface area (Å²) >= 11 is 0. The van der Waals surface area contributed by atoms with E-state index in [4.69, 9.17) is 4.74 Å². The molecule has 1 aromatic carbocycles. The second-order valence-corrected chi connectivity index (χ2v) is 4.59. The maximum Gasteiger partial charge on any atom is 0.242 e. The lowest BCUT2D eigenvalue weighted by molar-refractivity contribution is -0.121. The van der Waals surface area contributed by atoms with Gasteiger partial charge in [0, 0.05) is 12.2 Å². The van der Waals surface area contributed by atoms with Gasteiger partial charge >= 0.3 is 0 Å². The van der Waals surface area contributed by atoms with Gasteiger partial charge in [0.25, 0.3) is 0 Å². The van der Waals surface area contributed by atoms with Crippen LogP contribution in [0.25, 0.3) is 0 Å². The summed E-state index contributed by atoms with van der Waals surface area (Å²) in [5.74, 6) is 0.770. The van der Waals surface area contributed by atoms with Gasteiger partial charge in [-0.3, -0.25) is 4.79 Å². The molecule has 1 aromatic rings. The first-order chi connectivity index (χ1) is 9.02. The van der Waals surface area contributed by atoms with Gasteiger partial charge in [-0.1, -0.05) is 6.08 Å². The van der Waals surface area contributed by atoms with Crippen LogP contribution < -0.4 is 15.4 Å². The van der Waals surface area contributed by atoms with Crippen molar-refractivity contribution in [3.63, 3.8) is 0 Å². The van der Waals surface area contributed by atoms with E-state index in [1.54, 1.807) is 6.08 Å². The van der Waals surface area contributed by atoms with Crippen LogP contribution >= 0.6 is 0 Å². The summed E-state index contributed by atoms with van der Waals surface area (Å²) in [7, 11) is 0.